The van der Waals surface area contributed by atoms with Gasteiger partial charge in [-0.3, -0.25) is 4.79 Å². The second-order valence-electron chi connectivity index (χ2n) is 3.34. The van der Waals surface area contributed by atoms with E-state index in [0.717, 1.165) is 11.3 Å². The molecule has 15 heavy (non-hydrogen) atoms. The molecule has 0 spiro atoms. The highest BCUT2D eigenvalue weighted by Crippen LogP contribution is 2.21. The highest BCUT2D eigenvalue weighted by molar-refractivity contribution is 5.81. The fourth-order valence-electron chi connectivity index (χ4n) is 1.35. The fraction of sp³-hybridized carbons (Fsp3) is 0.364. The van der Waals surface area contributed by atoms with E-state index in [0.29, 0.717) is 12.2 Å². The van der Waals surface area contributed by atoms with E-state index in [9.17, 15) is 4.79 Å². The van der Waals surface area contributed by atoms with Crippen LogP contribution in [0.2, 0.25) is 0 Å². The van der Waals surface area contributed by atoms with Crippen molar-refractivity contribution in [2.24, 2.45) is 11.5 Å². The molecule has 1 unspecified atom stereocenters. The smallest absolute Gasteiger partial charge is 0.238 e. The number of carbonyl (C=O) groups excluding carboxylic acids is 1. The first-order valence-electron chi connectivity index (χ1n) is 4.84. The van der Waals surface area contributed by atoms with Crippen molar-refractivity contribution >= 4 is 5.91 Å². The number of primary amides is 1. The molecule has 0 aliphatic heterocycles. The van der Waals surface area contributed by atoms with Crippen molar-refractivity contribution in [3.8, 4) is 5.75 Å². The third kappa shape index (κ3) is 2.70. The second kappa shape index (κ2) is 4.79. The summed E-state index contributed by atoms with van der Waals surface area (Å²) in [6.07, 6.45) is 0. The molecule has 0 aromatic heterocycles. The van der Waals surface area contributed by atoms with Gasteiger partial charge in [0, 0.05) is 0 Å². The average molecular weight is 208 g/mol. The van der Waals surface area contributed by atoms with Gasteiger partial charge in [0.25, 0.3) is 0 Å². The molecule has 0 aliphatic rings. The number of hydrogen-bond acceptors (Lipinski definition) is 3. The number of ether oxygens (including phenoxy) is 1. The summed E-state index contributed by atoms with van der Waals surface area (Å²) >= 11 is 0. The topological polar surface area (TPSA) is 78.3 Å². The van der Waals surface area contributed by atoms with Gasteiger partial charge in [0.2, 0.25) is 5.91 Å². The molecule has 0 saturated heterocycles. The summed E-state index contributed by atoms with van der Waals surface area (Å²) in [6.45, 7) is 4.44. The molecule has 1 rings (SSSR count). The van der Waals surface area contributed by atoms with Crippen molar-refractivity contribution in [2.75, 3.05) is 6.61 Å². The van der Waals surface area contributed by atoms with Crippen LogP contribution in [0.3, 0.4) is 0 Å². The Labute approximate surface area is 89.2 Å². The van der Waals surface area contributed by atoms with Crippen LogP contribution in [-0.2, 0) is 4.79 Å². The molecule has 0 heterocycles. The lowest BCUT2D eigenvalue weighted by Gasteiger charge is -2.11. The van der Waals surface area contributed by atoms with Crippen molar-refractivity contribution in [1.82, 2.24) is 0 Å². The lowest BCUT2D eigenvalue weighted by molar-refractivity contribution is -0.119. The van der Waals surface area contributed by atoms with E-state index >= 15 is 0 Å². The maximum absolute atomic E-state index is 10.9. The standard InChI is InChI=1S/C11H16N2O2/c1-3-15-9-5-4-8(6-7(9)2)10(12)11(13)14/h4-6,10H,3,12H2,1-2H3,(H2,13,14). The first-order valence-corrected chi connectivity index (χ1v) is 4.84. The Morgan fingerprint density at radius 3 is 2.67 bits per heavy atom. The molecule has 1 amide bonds. The first-order chi connectivity index (χ1) is 7.06. The van der Waals surface area contributed by atoms with Crippen molar-refractivity contribution in [3.63, 3.8) is 0 Å². The van der Waals surface area contributed by atoms with Crippen LogP contribution in [0.5, 0.6) is 5.75 Å². The van der Waals surface area contributed by atoms with Gasteiger partial charge in [-0.1, -0.05) is 12.1 Å². The van der Waals surface area contributed by atoms with Crippen LogP contribution < -0.4 is 16.2 Å². The zero-order chi connectivity index (χ0) is 11.4. The molecule has 1 aromatic carbocycles. The zero-order valence-electron chi connectivity index (χ0n) is 8.99. The van der Waals surface area contributed by atoms with Gasteiger partial charge >= 0.3 is 0 Å². The summed E-state index contributed by atoms with van der Waals surface area (Å²) in [5.74, 6) is 0.275. The Morgan fingerprint density at radius 2 is 2.20 bits per heavy atom. The second-order valence-corrected chi connectivity index (χ2v) is 3.34. The Morgan fingerprint density at radius 1 is 1.53 bits per heavy atom. The number of aryl methyl sites for hydroxylation is 1. The maximum atomic E-state index is 10.9. The molecule has 4 N–H and O–H groups in total. The Hall–Kier alpha value is -1.55. The molecule has 0 saturated carbocycles. The Balaban J connectivity index is 2.95. The Kier molecular flexibility index (Phi) is 3.68. The lowest BCUT2D eigenvalue weighted by Crippen LogP contribution is -2.28. The predicted octanol–water partition coefficient (Wildman–Crippen LogP) is 0.879. The van der Waals surface area contributed by atoms with Crippen molar-refractivity contribution in [3.05, 3.63) is 29.3 Å². The molecule has 0 bridgehead atoms. The lowest BCUT2D eigenvalue weighted by atomic mass is 10.0. The van der Waals surface area contributed by atoms with Gasteiger partial charge in [-0.15, -0.1) is 0 Å². The van der Waals surface area contributed by atoms with E-state index in [1.54, 1.807) is 12.1 Å². The molecule has 0 radical (unpaired) electrons. The summed E-state index contributed by atoms with van der Waals surface area (Å²) in [7, 11) is 0. The van der Waals surface area contributed by atoms with E-state index in [-0.39, 0.29) is 0 Å². The third-order valence-electron chi connectivity index (χ3n) is 2.16. The van der Waals surface area contributed by atoms with E-state index < -0.39 is 11.9 Å². The average Bonchev–Trinajstić information content (AvgIpc) is 2.20. The van der Waals surface area contributed by atoms with Gasteiger partial charge < -0.3 is 16.2 Å². The van der Waals surface area contributed by atoms with Crippen LogP contribution in [0, 0.1) is 6.92 Å². The van der Waals surface area contributed by atoms with E-state index in [2.05, 4.69) is 0 Å². The molecule has 4 nitrogen and oxygen atoms in total. The summed E-state index contributed by atoms with van der Waals surface area (Å²) in [5, 5.41) is 0. The van der Waals surface area contributed by atoms with Crippen LogP contribution in [0.1, 0.15) is 24.1 Å². The number of amides is 1. The van der Waals surface area contributed by atoms with Crippen LogP contribution in [0.4, 0.5) is 0 Å². The number of benzene rings is 1. The van der Waals surface area contributed by atoms with Gasteiger partial charge in [-0.05, 0) is 31.0 Å². The molecule has 0 aliphatic carbocycles. The highest BCUT2D eigenvalue weighted by atomic mass is 16.5. The van der Waals surface area contributed by atoms with Crippen LogP contribution in [0.25, 0.3) is 0 Å². The van der Waals surface area contributed by atoms with Crippen molar-refractivity contribution < 1.29 is 9.53 Å². The van der Waals surface area contributed by atoms with E-state index in [1.807, 2.05) is 19.9 Å². The first kappa shape index (κ1) is 11.5. The maximum Gasteiger partial charge on any atom is 0.238 e. The monoisotopic (exact) mass is 208 g/mol. The molecule has 82 valence electrons. The number of hydrogen-bond donors (Lipinski definition) is 2. The molecule has 1 atom stereocenters. The summed E-state index contributed by atoms with van der Waals surface area (Å²) in [4.78, 5) is 10.9. The van der Waals surface area contributed by atoms with Gasteiger partial charge in [0.05, 0.1) is 6.61 Å². The molecular formula is C11H16N2O2. The largest absolute Gasteiger partial charge is 0.494 e. The molecular weight excluding hydrogens is 192 g/mol. The van der Waals surface area contributed by atoms with Crippen LogP contribution in [0.15, 0.2) is 18.2 Å². The fourth-order valence-corrected chi connectivity index (χ4v) is 1.35. The van der Waals surface area contributed by atoms with Crippen LogP contribution in [-0.4, -0.2) is 12.5 Å². The Bertz CT molecular complexity index is 364. The van der Waals surface area contributed by atoms with Gasteiger partial charge in [-0.25, -0.2) is 0 Å². The normalized spacial score (nSPS) is 12.2. The van der Waals surface area contributed by atoms with Gasteiger partial charge in [-0.2, -0.15) is 0 Å². The minimum absolute atomic E-state index is 0.529. The zero-order valence-corrected chi connectivity index (χ0v) is 8.99. The number of nitrogens with two attached hydrogens (primary N) is 2. The minimum Gasteiger partial charge on any atom is -0.494 e. The quantitative estimate of drug-likeness (QED) is 0.771. The van der Waals surface area contributed by atoms with Gasteiger partial charge in [0.15, 0.2) is 0 Å². The van der Waals surface area contributed by atoms with E-state index in [4.69, 9.17) is 16.2 Å². The molecule has 4 heteroatoms. The summed E-state index contributed by atoms with van der Waals surface area (Å²) in [6, 6.07) is 4.63. The van der Waals surface area contributed by atoms with Crippen molar-refractivity contribution in [2.45, 2.75) is 19.9 Å². The van der Waals surface area contributed by atoms with Crippen molar-refractivity contribution in [1.29, 1.82) is 0 Å². The van der Waals surface area contributed by atoms with Gasteiger partial charge in [0.1, 0.15) is 11.8 Å². The molecule has 1 aromatic rings. The summed E-state index contributed by atoms with van der Waals surface area (Å²) < 4.78 is 5.37. The van der Waals surface area contributed by atoms with E-state index in [1.165, 1.54) is 0 Å². The number of carbonyl (C=O) groups is 1. The summed E-state index contributed by atoms with van der Waals surface area (Å²) in [5.41, 5.74) is 12.4. The minimum atomic E-state index is -0.751. The number of rotatable bonds is 4. The molecule has 0 fully saturated rings. The van der Waals surface area contributed by atoms with Crippen LogP contribution >= 0.6 is 0 Å². The SMILES string of the molecule is CCOc1ccc(C(N)C(N)=O)cc1C. The highest BCUT2D eigenvalue weighted by Gasteiger charge is 2.13. The third-order valence-corrected chi connectivity index (χ3v) is 2.16. The predicted molar refractivity (Wildman–Crippen MR) is 58.5 cm³/mol.